The van der Waals surface area contributed by atoms with Crippen molar-refractivity contribution in [1.29, 1.82) is 0 Å². The number of alkyl halides is 3. The van der Waals surface area contributed by atoms with Gasteiger partial charge in [-0.3, -0.25) is 4.57 Å². The molecule has 2 heterocycles. The first-order valence-corrected chi connectivity index (χ1v) is 7.74. The SMILES string of the molecule is CCc1ncc(C)n1-c1ncc(CC(C)(C)C(F)(F)F)cc1OC. The Labute approximate surface area is 139 Å². The van der Waals surface area contributed by atoms with Crippen LogP contribution in [0.25, 0.3) is 5.82 Å². The summed E-state index contributed by atoms with van der Waals surface area (Å²) in [6, 6.07) is 1.62. The molecule has 0 unspecified atom stereocenters. The number of hydrogen-bond acceptors (Lipinski definition) is 3. The van der Waals surface area contributed by atoms with E-state index in [1.54, 1.807) is 12.3 Å². The first kappa shape index (κ1) is 18.3. The zero-order valence-corrected chi connectivity index (χ0v) is 14.5. The maximum Gasteiger partial charge on any atom is 0.394 e. The molecule has 0 saturated carbocycles. The molecule has 0 spiro atoms. The first-order valence-electron chi connectivity index (χ1n) is 7.74. The van der Waals surface area contributed by atoms with E-state index in [4.69, 9.17) is 4.74 Å². The Bertz CT molecular complexity index is 720. The Morgan fingerprint density at radius 3 is 2.38 bits per heavy atom. The number of methoxy groups -OCH3 is 1. The Kier molecular flexibility index (Phi) is 4.92. The van der Waals surface area contributed by atoms with Crippen molar-refractivity contribution < 1.29 is 17.9 Å². The van der Waals surface area contributed by atoms with Gasteiger partial charge in [-0.25, -0.2) is 9.97 Å². The average molecular weight is 341 g/mol. The third-order valence-corrected chi connectivity index (χ3v) is 4.06. The fourth-order valence-electron chi connectivity index (χ4n) is 2.53. The van der Waals surface area contributed by atoms with E-state index in [0.717, 1.165) is 11.5 Å². The number of hydrogen-bond donors (Lipinski definition) is 0. The van der Waals surface area contributed by atoms with Crippen molar-refractivity contribution >= 4 is 0 Å². The van der Waals surface area contributed by atoms with Crippen LogP contribution < -0.4 is 4.74 Å². The van der Waals surface area contributed by atoms with Crippen molar-refractivity contribution in [3.05, 3.63) is 35.5 Å². The highest BCUT2D eigenvalue weighted by molar-refractivity contribution is 5.44. The number of aryl methyl sites for hydroxylation is 2. The molecule has 0 aromatic carbocycles. The third kappa shape index (κ3) is 3.39. The van der Waals surface area contributed by atoms with Gasteiger partial charge in [0, 0.05) is 24.5 Å². The zero-order chi connectivity index (χ0) is 18.1. The lowest BCUT2D eigenvalue weighted by atomic mass is 9.85. The molecule has 2 aromatic heterocycles. The monoisotopic (exact) mass is 341 g/mol. The van der Waals surface area contributed by atoms with Crippen molar-refractivity contribution in [3.63, 3.8) is 0 Å². The fraction of sp³-hybridized carbons (Fsp3) is 0.529. The number of aromatic nitrogens is 3. The van der Waals surface area contributed by atoms with E-state index in [1.165, 1.54) is 27.2 Å². The molecular formula is C17H22F3N3O. The molecule has 2 rings (SSSR count). The topological polar surface area (TPSA) is 39.9 Å². The third-order valence-electron chi connectivity index (χ3n) is 4.06. The molecule has 24 heavy (non-hydrogen) atoms. The van der Waals surface area contributed by atoms with Gasteiger partial charge in [0.1, 0.15) is 5.82 Å². The number of pyridine rings is 1. The van der Waals surface area contributed by atoms with Gasteiger partial charge in [0.05, 0.1) is 12.5 Å². The summed E-state index contributed by atoms with van der Waals surface area (Å²) in [5.74, 6) is 1.79. The number of imidazole rings is 1. The van der Waals surface area contributed by atoms with Crippen molar-refractivity contribution in [3.8, 4) is 11.6 Å². The summed E-state index contributed by atoms with van der Waals surface area (Å²) < 4.78 is 46.5. The number of ether oxygens (including phenoxy) is 1. The van der Waals surface area contributed by atoms with Gasteiger partial charge in [0.15, 0.2) is 11.6 Å². The second-order valence-corrected chi connectivity index (χ2v) is 6.43. The van der Waals surface area contributed by atoms with Crippen molar-refractivity contribution in [1.82, 2.24) is 14.5 Å². The predicted octanol–water partition coefficient (Wildman–Crippen LogP) is 4.28. The minimum absolute atomic E-state index is 0.163. The van der Waals surface area contributed by atoms with Crippen LogP contribution >= 0.6 is 0 Å². The molecule has 0 fully saturated rings. The van der Waals surface area contributed by atoms with E-state index in [9.17, 15) is 13.2 Å². The molecule has 0 atom stereocenters. The van der Waals surface area contributed by atoms with Gasteiger partial charge in [0.25, 0.3) is 0 Å². The Morgan fingerprint density at radius 1 is 1.17 bits per heavy atom. The van der Waals surface area contributed by atoms with Crippen LogP contribution in [0.5, 0.6) is 5.75 Å². The molecule has 0 N–H and O–H groups in total. The van der Waals surface area contributed by atoms with E-state index < -0.39 is 11.6 Å². The minimum Gasteiger partial charge on any atom is -0.493 e. The lowest BCUT2D eigenvalue weighted by Gasteiger charge is -2.27. The summed E-state index contributed by atoms with van der Waals surface area (Å²) in [5.41, 5.74) is -0.462. The van der Waals surface area contributed by atoms with Crippen molar-refractivity contribution in [2.24, 2.45) is 5.41 Å². The van der Waals surface area contributed by atoms with Gasteiger partial charge in [-0.15, -0.1) is 0 Å². The maximum atomic E-state index is 13.1. The Hall–Kier alpha value is -2.05. The van der Waals surface area contributed by atoms with Crippen LogP contribution in [0.4, 0.5) is 13.2 Å². The highest BCUT2D eigenvalue weighted by Crippen LogP contribution is 2.40. The second-order valence-electron chi connectivity index (χ2n) is 6.43. The van der Waals surface area contributed by atoms with Crippen LogP contribution in [-0.2, 0) is 12.8 Å². The highest BCUT2D eigenvalue weighted by atomic mass is 19.4. The molecule has 0 saturated heterocycles. The molecule has 0 radical (unpaired) electrons. The van der Waals surface area contributed by atoms with Crippen LogP contribution in [0.15, 0.2) is 18.5 Å². The molecular weight excluding hydrogens is 319 g/mol. The number of nitrogens with zero attached hydrogens (tertiary/aromatic N) is 3. The summed E-state index contributed by atoms with van der Waals surface area (Å²) in [6.45, 7) is 6.24. The van der Waals surface area contributed by atoms with Gasteiger partial charge >= 0.3 is 6.18 Å². The summed E-state index contributed by atoms with van der Waals surface area (Å²) >= 11 is 0. The van der Waals surface area contributed by atoms with E-state index in [-0.39, 0.29) is 6.42 Å². The predicted molar refractivity (Wildman–Crippen MR) is 85.6 cm³/mol. The standard InChI is InChI=1S/C17H22F3N3O/c1-6-14-21-9-11(2)23(14)15-13(24-5)7-12(10-22-15)8-16(3,4)17(18,19)20/h7,9-10H,6,8H2,1-5H3. The zero-order valence-electron chi connectivity index (χ0n) is 14.5. The smallest absolute Gasteiger partial charge is 0.394 e. The van der Waals surface area contributed by atoms with E-state index in [1.807, 2.05) is 18.4 Å². The van der Waals surface area contributed by atoms with Gasteiger partial charge < -0.3 is 4.74 Å². The van der Waals surface area contributed by atoms with Gasteiger partial charge in [-0.1, -0.05) is 20.8 Å². The van der Waals surface area contributed by atoms with Crippen LogP contribution in [0.3, 0.4) is 0 Å². The highest BCUT2D eigenvalue weighted by Gasteiger charge is 2.47. The van der Waals surface area contributed by atoms with Crippen LogP contribution in [0, 0.1) is 12.3 Å². The van der Waals surface area contributed by atoms with Crippen molar-refractivity contribution in [2.75, 3.05) is 7.11 Å². The van der Waals surface area contributed by atoms with Crippen LogP contribution in [-0.4, -0.2) is 27.8 Å². The molecule has 7 heteroatoms. The van der Waals surface area contributed by atoms with Crippen LogP contribution in [0.2, 0.25) is 0 Å². The van der Waals surface area contributed by atoms with Gasteiger partial charge in [-0.2, -0.15) is 13.2 Å². The molecule has 0 aliphatic heterocycles. The molecule has 4 nitrogen and oxygen atoms in total. The van der Waals surface area contributed by atoms with Crippen molar-refractivity contribution in [2.45, 2.75) is 46.7 Å². The lowest BCUT2D eigenvalue weighted by molar-refractivity contribution is -0.211. The normalized spacial score (nSPS) is 12.5. The minimum atomic E-state index is -4.28. The molecule has 132 valence electrons. The summed E-state index contributed by atoms with van der Waals surface area (Å²) in [7, 11) is 1.48. The molecule has 2 aromatic rings. The number of halogens is 3. The Balaban J connectivity index is 2.44. The maximum absolute atomic E-state index is 13.1. The molecule has 0 bridgehead atoms. The average Bonchev–Trinajstić information content (AvgIpc) is 2.86. The summed E-state index contributed by atoms with van der Waals surface area (Å²) in [5, 5.41) is 0. The summed E-state index contributed by atoms with van der Waals surface area (Å²) in [4.78, 5) is 8.68. The van der Waals surface area contributed by atoms with E-state index >= 15 is 0 Å². The fourth-order valence-corrected chi connectivity index (χ4v) is 2.53. The number of rotatable bonds is 5. The van der Waals surface area contributed by atoms with Crippen LogP contribution in [0.1, 0.15) is 37.9 Å². The molecule has 0 amide bonds. The molecule has 0 aliphatic rings. The van der Waals surface area contributed by atoms with E-state index in [0.29, 0.717) is 23.6 Å². The summed E-state index contributed by atoms with van der Waals surface area (Å²) in [6.07, 6.45) is -0.523. The Morgan fingerprint density at radius 2 is 1.83 bits per heavy atom. The lowest BCUT2D eigenvalue weighted by Crippen LogP contribution is -2.34. The van der Waals surface area contributed by atoms with Gasteiger partial charge in [-0.05, 0) is 25.0 Å². The van der Waals surface area contributed by atoms with Gasteiger partial charge in [0.2, 0.25) is 0 Å². The quantitative estimate of drug-likeness (QED) is 0.815. The molecule has 0 aliphatic carbocycles. The second kappa shape index (κ2) is 6.45. The first-order chi connectivity index (χ1) is 11.1. The largest absolute Gasteiger partial charge is 0.493 e. The van der Waals surface area contributed by atoms with E-state index in [2.05, 4.69) is 9.97 Å².